The number of unbranched alkanes of at least 4 members (excludes halogenated alkanes) is 1. The van der Waals surface area contributed by atoms with Crippen LogP contribution in [0.5, 0.6) is 11.5 Å². The number of aryl methyl sites for hydroxylation is 1. The molecule has 28 heavy (non-hydrogen) atoms. The van der Waals surface area contributed by atoms with E-state index in [-0.39, 0.29) is 29.5 Å². The highest BCUT2D eigenvalue weighted by Crippen LogP contribution is 2.27. The van der Waals surface area contributed by atoms with Crippen LogP contribution in [0.25, 0.3) is 0 Å². The molecular formula is C20H29IN4O3. The highest BCUT2D eigenvalue weighted by molar-refractivity contribution is 14.0. The summed E-state index contributed by atoms with van der Waals surface area (Å²) in [5, 5.41) is 6.57. The third-order valence-corrected chi connectivity index (χ3v) is 4.15. The highest BCUT2D eigenvalue weighted by atomic mass is 127. The molecule has 7 nitrogen and oxygen atoms in total. The number of nitrogens with one attached hydrogen (secondary N) is 2. The van der Waals surface area contributed by atoms with Gasteiger partial charge in [-0.05, 0) is 36.6 Å². The van der Waals surface area contributed by atoms with Gasteiger partial charge < -0.3 is 24.7 Å². The molecule has 0 saturated heterocycles. The van der Waals surface area contributed by atoms with E-state index in [1.807, 2.05) is 30.5 Å². The molecule has 2 N–H and O–H groups in total. The normalized spacial score (nSPS) is 10.8. The molecule has 0 saturated carbocycles. The van der Waals surface area contributed by atoms with Gasteiger partial charge in [-0.25, -0.2) is 0 Å². The number of methoxy groups -OCH3 is 2. The highest BCUT2D eigenvalue weighted by Gasteiger charge is 2.05. The van der Waals surface area contributed by atoms with E-state index < -0.39 is 0 Å². The minimum atomic E-state index is 0. The molecule has 0 amide bonds. The third-order valence-electron chi connectivity index (χ3n) is 4.15. The smallest absolute Gasteiger partial charge is 0.250 e. The Morgan fingerprint density at radius 2 is 1.86 bits per heavy atom. The van der Waals surface area contributed by atoms with Gasteiger partial charge in [-0.3, -0.25) is 9.79 Å². The largest absolute Gasteiger partial charge is 0.493 e. The average molecular weight is 500 g/mol. The Balaban J connectivity index is 0.00000392. The summed E-state index contributed by atoms with van der Waals surface area (Å²) in [6.45, 7) is 2.13. The Kier molecular flexibility index (Phi) is 11.1. The molecule has 1 heterocycles. The summed E-state index contributed by atoms with van der Waals surface area (Å²) in [6, 6.07) is 11.0. The zero-order valence-electron chi connectivity index (χ0n) is 16.6. The van der Waals surface area contributed by atoms with Crippen LogP contribution in [0.15, 0.2) is 52.4 Å². The Labute approximate surface area is 183 Å². The van der Waals surface area contributed by atoms with E-state index in [0.29, 0.717) is 18.0 Å². The van der Waals surface area contributed by atoms with Gasteiger partial charge in [0.25, 0.3) is 0 Å². The Bertz CT molecular complexity index is 808. The van der Waals surface area contributed by atoms with Crippen molar-refractivity contribution in [3.63, 3.8) is 0 Å². The average Bonchev–Trinajstić information content (AvgIpc) is 2.71. The lowest BCUT2D eigenvalue weighted by Crippen LogP contribution is -2.37. The van der Waals surface area contributed by atoms with Gasteiger partial charge in [-0.15, -0.1) is 24.0 Å². The summed E-state index contributed by atoms with van der Waals surface area (Å²) in [7, 11) is 4.99. The fourth-order valence-corrected chi connectivity index (χ4v) is 2.66. The topological polar surface area (TPSA) is 76.9 Å². The first kappa shape index (κ1) is 23.8. The fourth-order valence-electron chi connectivity index (χ4n) is 2.66. The van der Waals surface area contributed by atoms with Crippen molar-refractivity contribution in [2.24, 2.45) is 4.99 Å². The molecule has 0 fully saturated rings. The van der Waals surface area contributed by atoms with E-state index in [2.05, 4.69) is 15.6 Å². The van der Waals surface area contributed by atoms with Crippen LogP contribution in [0.4, 0.5) is 0 Å². The van der Waals surface area contributed by atoms with Crippen molar-refractivity contribution in [2.75, 3.05) is 27.8 Å². The lowest BCUT2D eigenvalue weighted by Gasteiger charge is -2.13. The maximum absolute atomic E-state index is 11.6. The van der Waals surface area contributed by atoms with Gasteiger partial charge in [0.15, 0.2) is 17.5 Å². The molecule has 0 unspecified atom stereocenters. The predicted octanol–water partition coefficient (Wildman–Crippen LogP) is 2.63. The van der Waals surface area contributed by atoms with Crippen molar-refractivity contribution in [1.82, 2.24) is 15.2 Å². The molecule has 154 valence electrons. The SMILES string of the molecule is CN=C(NCCCCn1ccccc1=O)NCc1ccc(OC)c(OC)c1.I. The van der Waals surface area contributed by atoms with Crippen LogP contribution in [-0.4, -0.2) is 38.3 Å². The molecule has 0 aliphatic rings. The minimum Gasteiger partial charge on any atom is -0.493 e. The van der Waals surface area contributed by atoms with Crippen molar-refractivity contribution in [1.29, 1.82) is 0 Å². The first-order valence-electron chi connectivity index (χ1n) is 8.99. The van der Waals surface area contributed by atoms with E-state index in [4.69, 9.17) is 9.47 Å². The second-order valence-corrected chi connectivity index (χ2v) is 5.98. The van der Waals surface area contributed by atoms with Crippen molar-refractivity contribution in [2.45, 2.75) is 25.9 Å². The molecule has 8 heteroatoms. The summed E-state index contributed by atoms with van der Waals surface area (Å²) < 4.78 is 12.3. The number of benzene rings is 1. The number of aliphatic imine (C=N–C) groups is 1. The van der Waals surface area contributed by atoms with E-state index in [1.165, 1.54) is 0 Å². The van der Waals surface area contributed by atoms with Crippen molar-refractivity contribution >= 4 is 29.9 Å². The molecule has 0 spiro atoms. The molecule has 2 rings (SSSR count). The monoisotopic (exact) mass is 500 g/mol. The molecular weight excluding hydrogens is 471 g/mol. The molecule has 0 aliphatic heterocycles. The quantitative estimate of drug-likeness (QED) is 0.240. The number of halogens is 1. The van der Waals surface area contributed by atoms with Gasteiger partial charge in [-0.1, -0.05) is 12.1 Å². The van der Waals surface area contributed by atoms with Crippen LogP contribution < -0.4 is 25.7 Å². The standard InChI is InChI=1S/C20H28N4O3.HI/c1-21-20(22-11-5-7-13-24-12-6-4-8-19(24)25)23-15-16-9-10-17(26-2)18(14-16)27-3;/h4,6,8-10,12,14H,5,7,11,13,15H2,1-3H3,(H2,21,22,23);1H. The van der Waals surface area contributed by atoms with Crippen LogP contribution in [0.1, 0.15) is 18.4 Å². The van der Waals surface area contributed by atoms with Crippen molar-refractivity contribution in [3.8, 4) is 11.5 Å². The van der Waals surface area contributed by atoms with Gasteiger partial charge in [-0.2, -0.15) is 0 Å². The van der Waals surface area contributed by atoms with Crippen LogP contribution in [0.2, 0.25) is 0 Å². The fraction of sp³-hybridized carbons (Fsp3) is 0.400. The third kappa shape index (κ3) is 7.41. The number of hydrogen-bond acceptors (Lipinski definition) is 4. The number of guanidine groups is 1. The molecule has 1 aromatic carbocycles. The van der Waals surface area contributed by atoms with Gasteiger partial charge in [0.1, 0.15) is 0 Å². The van der Waals surface area contributed by atoms with E-state index in [9.17, 15) is 4.79 Å². The van der Waals surface area contributed by atoms with Crippen molar-refractivity contribution in [3.05, 3.63) is 58.5 Å². The van der Waals surface area contributed by atoms with Gasteiger partial charge in [0.2, 0.25) is 5.56 Å². The maximum Gasteiger partial charge on any atom is 0.250 e. The zero-order chi connectivity index (χ0) is 19.5. The molecule has 2 aromatic rings. The summed E-state index contributed by atoms with van der Waals surface area (Å²) in [4.78, 5) is 15.9. The minimum absolute atomic E-state index is 0. The van der Waals surface area contributed by atoms with Gasteiger partial charge >= 0.3 is 0 Å². The molecule has 0 atom stereocenters. The summed E-state index contributed by atoms with van der Waals surface area (Å²) in [5.74, 6) is 2.15. The van der Waals surface area contributed by atoms with E-state index in [0.717, 1.165) is 37.5 Å². The van der Waals surface area contributed by atoms with Crippen LogP contribution in [-0.2, 0) is 13.1 Å². The Hall–Kier alpha value is -2.23. The summed E-state index contributed by atoms with van der Waals surface area (Å²) in [5.41, 5.74) is 1.11. The maximum atomic E-state index is 11.6. The first-order valence-corrected chi connectivity index (χ1v) is 8.99. The zero-order valence-corrected chi connectivity index (χ0v) is 18.9. The van der Waals surface area contributed by atoms with Crippen molar-refractivity contribution < 1.29 is 9.47 Å². The lowest BCUT2D eigenvalue weighted by atomic mass is 10.2. The van der Waals surface area contributed by atoms with Crippen LogP contribution in [0.3, 0.4) is 0 Å². The van der Waals surface area contributed by atoms with Crippen LogP contribution >= 0.6 is 24.0 Å². The lowest BCUT2D eigenvalue weighted by molar-refractivity contribution is 0.354. The number of nitrogens with zero attached hydrogens (tertiary/aromatic N) is 2. The Morgan fingerprint density at radius 3 is 2.54 bits per heavy atom. The summed E-state index contributed by atoms with van der Waals surface area (Å²) >= 11 is 0. The number of ether oxygens (including phenoxy) is 2. The molecule has 0 aliphatic carbocycles. The number of hydrogen-bond donors (Lipinski definition) is 2. The van der Waals surface area contributed by atoms with Gasteiger partial charge in [0.05, 0.1) is 14.2 Å². The second kappa shape index (κ2) is 13.0. The van der Waals surface area contributed by atoms with Gasteiger partial charge in [0, 0.05) is 38.9 Å². The van der Waals surface area contributed by atoms with E-state index in [1.54, 1.807) is 38.0 Å². The predicted molar refractivity (Wildman–Crippen MR) is 123 cm³/mol. The Morgan fingerprint density at radius 1 is 1.07 bits per heavy atom. The van der Waals surface area contributed by atoms with Crippen LogP contribution in [0, 0.1) is 0 Å². The number of aromatic nitrogens is 1. The number of pyridine rings is 1. The second-order valence-electron chi connectivity index (χ2n) is 5.98. The first-order chi connectivity index (χ1) is 13.2. The molecule has 0 radical (unpaired) electrons. The number of rotatable bonds is 9. The molecule has 0 bridgehead atoms. The molecule has 1 aromatic heterocycles. The summed E-state index contributed by atoms with van der Waals surface area (Å²) in [6.07, 6.45) is 3.68. The van der Waals surface area contributed by atoms with E-state index >= 15 is 0 Å².